The van der Waals surface area contributed by atoms with Crippen molar-refractivity contribution in [3.05, 3.63) is 40.9 Å². The van der Waals surface area contributed by atoms with Crippen LogP contribution in [0.5, 0.6) is 0 Å². The van der Waals surface area contributed by atoms with E-state index in [1.54, 1.807) is 0 Å². The third kappa shape index (κ3) is 4.90. The monoisotopic (exact) mass is 339 g/mol. The maximum absolute atomic E-state index is 12.2. The van der Waals surface area contributed by atoms with Crippen LogP contribution in [0.2, 0.25) is 0 Å². The fourth-order valence-corrected chi connectivity index (χ4v) is 5.18. The summed E-state index contributed by atoms with van der Waals surface area (Å²) in [5.41, 5.74) is 1.81. The minimum absolute atomic E-state index is 0.0580. The molecule has 0 spiro atoms. The molecule has 0 aliphatic rings. The topological polar surface area (TPSA) is 67.3 Å². The zero-order valence-corrected chi connectivity index (χ0v) is 14.3. The molecule has 1 heterocycles. The first-order chi connectivity index (χ1) is 10.5. The van der Waals surface area contributed by atoms with Gasteiger partial charge in [0.05, 0.1) is 17.2 Å². The maximum atomic E-state index is 12.2. The maximum Gasteiger partial charge on any atom is 0.155 e. The summed E-state index contributed by atoms with van der Waals surface area (Å²) in [6.07, 6.45) is 2.01. The van der Waals surface area contributed by atoms with E-state index in [1.807, 2.05) is 37.3 Å². The average molecular weight is 339 g/mol. The van der Waals surface area contributed by atoms with E-state index in [9.17, 15) is 8.42 Å². The van der Waals surface area contributed by atoms with Gasteiger partial charge in [-0.05, 0) is 19.8 Å². The molecule has 0 radical (unpaired) electrons. The lowest BCUT2D eigenvalue weighted by molar-refractivity contribution is 0.284. The van der Waals surface area contributed by atoms with Crippen molar-refractivity contribution >= 4 is 21.2 Å². The summed E-state index contributed by atoms with van der Waals surface area (Å²) in [7, 11) is -3.12. The first-order valence-corrected chi connectivity index (χ1v) is 9.98. The molecule has 0 unspecified atom stereocenters. The van der Waals surface area contributed by atoms with Gasteiger partial charge in [0.15, 0.2) is 9.84 Å². The highest BCUT2D eigenvalue weighted by molar-refractivity contribution is 7.90. The number of thiazole rings is 1. The van der Waals surface area contributed by atoms with Crippen LogP contribution in [-0.2, 0) is 15.6 Å². The van der Waals surface area contributed by atoms with Crippen molar-refractivity contribution in [3.8, 4) is 10.6 Å². The number of aliphatic hydroxyl groups is 1. The molecule has 6 heteroatoms. The van der Waals surface area contributed by atoms with Gasteiger partial charge in [-0.25, -0.2) is 13.4 Å². The molecule has 120 valence electrons. The van der Waals surface area contributed by atoms with Gasteiger partial charge in [0.1, 0.15) is 5.01 Å². The molecule has 0 saturated heterocycles. The summed E-state index contributed by atoms with van der Waals surface area (Å²) in [5.74, 6) is 0.230. The second-order valence-corrected chi connectivity index (χ2v) is 8.54. The SMILES string of the molecule is Cc1nc(-c2ccccc2)sc1CS(=O)(=O)CCCCCO. The molecule has 1 aromatic heterocycles. The number of hydrogen-bond donors (Lipinski definition) is 1. The van der Waals surface area contributed by atoms with Crippen LogP contribution in [0.25, 0.3) is 10.6 Å². The first-order valence-electron chi connectivity index (χ1n) is 7.35. The molecule has 1 aromatic carbocycles. The molecule has 1 N–H and O–H groups in total. The molecule has 0 fully saturated rings. The number of sulfone groups is 1. The normalized spacial score (nSPS) is 11.7. The zero-order chi connectivity index (χ0) is 16.0. The molecule has 22 heavy (non-hydrogen) atoms. The van der Waals surface area contributed by atoms with E-state index in [4.69, 9.17) is 5.11 Å². The Labute approximate surface area is 135 Å². The Morgan fingerprint density at radius 2 is 1.86 bits per heavy atom. The van der Waals surface area contributed by atoms with Gasteiger partial charge in [-0.3, -0.25) is 0 Å². The standard InChI is InChI=1S/C16H21NO3S2/c1-13-15(12-22(19,20)11-7-3-6-10-18)21-16(17-13)14-8-4-2-5-9-14/h2,4-5,8-9,18H,3,6-7,10-12H2,1H3. The van der Waals surface area contributed by atoms with Crippen LogP contribution >= 0.6 is 11.3 Å². The predicted molar refractivity (Wildman–Crippen MR) is 90.7 cm³/mol. The third-order valence-electron chi connectivity index (χ3n) is 3.38. The Hall–Kier alpha value is -1.24. The smallest absolute Gasteiger partial charge is 0.155 e. The van der Waals surface area contributed by atoms with Crippen molar-refractivity contribution in [2.45, 2.75) is 31.9 Å². The summed E-state index contributed by atoms with van der Waals surface area (Å²) in [4.78, 5) is 5.32. The summed E-state index contributed by atoms with van der Waals surface area (Å²) in [5, 5.41) is 9.59. The lowest BCUT2D eigenvalue weighted by atomic mass is 10.2. The van der Waals surface area contributed by atoms with E-state index in [0.717, 1.165) is 27.6 Å². The van der Waals surface area contributed by atoms with Gasteiger partial charge >= 0.3 is 0 Å². The Kier molecular flexibility index (Phi) is 6.11. The lowest BCUT2D eigenvalue weighted by Crippen LogP contribution is -2.09. The molecule has 0 bridgehead atoms. The number of hydrogen-bond acceptors (Lipinski definition) is 5. The highest BCUT2D eigenvalue weighted by Crippen LogP contribution is 2.29. The Balaban J connectivity index is 2.05. The number of benzene rings is 1. The van der Waals surface area contributed by atoms with Gasteiger partial charge in [0.2, 0.25) is 0 Å². The number of unbranched alkanes of at least 4 members (excludes halogenated alkanes) is 2. The molecule has 2 rings (SSSR count). The summed E-state index contributed by atoms with van der Waals surface area (Å²) in [6, 6.07) is 9.80. The minimum Gasteiger partial charge on any atom is -0.396 e. The lowest BCUT2D eigenvalue weighted by Gasteiger charge is -2.03. The fourth-order valence-electron chi connectivity index (χ4n) is 2.15. The third-order valence-corrected chi connectivity index (χ3v) is 6.41. The number of aromatic nitrogens is 1. The molecular formula is C16H21NO3S2. The van der Waals surface area contributed by atoms with E-state index in [2.05, 4.69) is 4.98 Å². The van der Waals surface area contributed by atoms with E-state index < -0.39 is 9.84 Å². The highest BCUT2D eigenvalue weighted by atomic mass is 32.2. The number of aryl methyl sites for hydroxylation is 1. The van der Waals surface area contributed by atoms with E-state index in [-0.39, 0.29) is 18.1 Å². The Morgan fingerprint density at radius 1 is 1.14 bits per heavy atom. The quantitative estimate of drug-likeness (QED) is 0.750. The Morgan fingerprint density at radius 3 is 2.55 bits per heavy atom. The largest absolute Gasteiger partial charge is 0.396 e. The van der Waals surface area contributed by atoms with Crippen LogP contribution in [0.15, 0.2) is 30.3 Å². The van der Waals surface area contributed by atoms with Gasteiger partial charge in [-0.15, -0.1) is 11.3 Å². The van der Waals surface area contributed by atoms with Gasteiger partial charge in [0.25, 0.3) is 0 Å². The summed E-state index contributed by atoms with van der Waals surface area (Å²) < 4.78 is 24.4. The zero-order valence-electron chi connectivity index (χ0n) is 12.7. The average Bonchev–Trinajstić information content (AvgIpc) is 2.85. The van der Waals surface area contributed by atoms with Crippen LogP contribution in [-0.4, -0.2) is 30.9 Å². The number of nitrogens with zero attached hydrogens (tertiary/aromatic N) is 1. The molecule has 0 atom stereocenters. The van der Waals surface area contributed by atoms with Crippen LogP contribution in [0.4, 0.5) is 0 Å². The number of rotatable bonds is 8. The van der Waals surface area contributed by atoms with Crippen molar-refractivity contribution in [2.24, 2.45) is 0 Å². The van der Waals surface area contributed by atoms with Crippen LogP contribution in [0, 0.1) is 6.92 Å². The van der Waals surface area contributed by atoms with Crippen molar-refractivity contribution in [1.82, 2.24) is 4.98 Å². The second-order valence-electron chi connectivity index (χ2n) is 5.27. The molecular weight excluding hydrogens is 318 g/mol. The molecule has 0 aliphatic carbocycles. The second kappa shape index (κ2) is 7.85. The van der Waals surface area contributed by atoms with Crippen LogP contribution in [0.1, 0.15) is 29.8 Å². The molecule has 2 aromatic rings. The Bertz CT molecular complexity index is 693. The molecule has 0 saturated carbocycles. The molecule has 0 aliphatic heterocycles. The van der Waals surface area contributed by atoms with E-state index in [0.29, 0.717) is 12.8 Å². The van der Waals surface area contributed by atoms with Gasteiger partial charge in [0, 0.05) is 17.0 Å². The van der Waals surface area contributed by atoms with Gasteiger partial charge < -0.3 is 5.11 Å². The minimum atomic E-state index is -3.12. The summed E-state index contributed by atoms with van der Waals surface area (Å²) >= 11 is 1.45. The van der Waals surface area contributed by atoms with Gasteiger partial charge in [-0.2, -0.15) is 0 Å². The fraction of sp³-hybridized carbons (Fsp3) is 0.438. The van der Waals surface area contributed by atoms with Crippen molar-refractivity contribution in [2.75, 3.05) is 12.4 Å². The van der Waals surface area contributed by atoms with Crippen molar-refractivity contribution in [1.29, 1.82) is 0 Å². The predicted octanol–water partition coefficient (Wildman–Crippen LogP) is 3.20. The van der Waals surface area contributed by atoms with E-state index in [1.165, 1.54) is 11.3 Å². The van der Waals surface area contributed by atoms with Crippen LogP contribution in [0.3, 0.4) is 0 Å². The van der Waals surface area contributed by atoms with Crippen LogP contribution < -0.4 is 0 Å². The van der Waals surface area contributed by atoms with Crippen molar-refractivity contribution < 1.29 is 13.5 Å². The highest BCUT2D eigenvalue weighted by Gasteiger charge is 2.17. The number of aliphatic hydroxyl groups excluding tert-OH is 1. The molecule has 4 nitrogen and oxygen atoms in total. The molecule has 0 amide bonds. The van der Waals surface area contributed by atoms with Gasteiger partial charge in [-0.1, -0.05) is 36.8 Å². The summed E-state index contributed by atoms with van der Waals surface area (Å²) in [6.45, 7) is 1.98. The first kappa shape index (κ1) is 17.1. The van der Waals surface area contributed by atoms with Crippen molar-refractivity contribution in [3.63, 3.8) is 0 Å². The van der Waals surface area contributed by atoms with E-state index >= 15 is 0 Å².